The first-order valence-corrected chi connectivity index (χ1v) is 9.79. The third kappa shape index (κ3) is 4.97. The molecule has 130 valence electrons. The lowest BCUT2D eigenvalue weighted by atomic mass is 10.1. The molecule has 25 heavy (non-hydrogen) atoms. The monoisotopic (exact) mass is 356 g/mol. The molecule has 1 aromatic rings. The number of rotatable bonds is 7. The Bertz CT molecular complexity index is 685. The highest BCUT2D eigenvalue weighted by Crippen LogP contribution is 2.52. The minimum atomic E-state index is -2.75. The molecule has 1 saturated heterocycles. The molecule has 1 fully saturated rings. The van der Waals surface area contributed by atoms with E-state index in [0.29, 0.717) is 30.2 Å². The van der Waals surface area contributed by atoms with Gasteiger partial charge in [-0.25, -0.2) is 0 Å². The second-order valence-corrected chi connectivity index (χ2v) is 8.08. The lowest BCUT2D eigenvalue weighted by Gasteiger charge is -2.25. The number of thiocyanates is 3. The Morgan fingerprint density at radius 2 is 1.64 bits per heavy atom. The standard InChI is InChI=1S/C18H20N4O2S/c19-13-25(14-20,15-21)18-6-4-17(5-7-18)24-11-8-16(23)12-22-9-2-1-3-10-22/h4-7H,1-3,8-12H2. The number of ketones is 1. The number of likely N-dealkylation sites (tertiary alicyclic amines) is 1. The van der Waals surface area contributed by atoms with Gasteiger partial charge in [-0.2, -0.15) is 15.8 Å². The largest absolute Gasteiger partial charge is 0.493 e. The summed E-state index contributed by atoms with van der Waals surface area (Å²) in [4.78, 5) is 14.6. The molecule has 1 aromatic carbocycles. The summed E-state index contributed by atoms with van der Waals surface area (Å²) in [7, 11) is -2.75. The second kappa shape index (κ2) is 9.08. The van der Waals surface area contributed by atoms with Crippen molar-refractivity contribution in [3.63, 3.8) is 0 Å². The number of nitriles is 3. The minimum absolute atomic E-state index is 0.167. The van der Waals surface area contributed by atoms with Gasteiger partial charge in [0.05, 0.1) is 23.2 Å². The van der Waals surface area contributed by atoms with Gasteiger partial charge in [0.25, 0.3) is 0 Å². The van der Waals surface area contributed by atoms with E-state index in [1.54, 1.807) is 24.3 Å². The van der Waals surface area contributed by atoms with Crippen LogP contribution in [0.25, 0.3) is 0 Å². The van der Waals surface area contributed by atoms with E-state index in [2.05, 4.69) is 4.90 Å². The van der Waals surface area contributed by atoms with E-state index >= 15 is 0 Å². The number of nitrogens with zero attached hydrogens (tertiary/aromatic N) is 4. The van der Waals surface area contributed by atoms with E-state index < -0.39 is 10.0 Å². The van der Waals surface area contributed by atoms with E-state index in [4.69, 9.17) is 20.5 Å². The van der Waals surface area contributed by atoms with Crippen molar-refractivity contribution in [3.05, 3.63) is 24.3 Å². The molecule has 0 spiro atoms. The fourth-order valence-corrected chi connectivity index (χ4v) is 3.67. The van der Waals surface area contributed by atoms with Crippen LogP contribution in [0.5, 0.6) is 5.75 Å². The summed E-state index contributed by atoms with van der Waals surface area (Å²) in [5.41, 5.74) is 0. The minimum Gasteiger partial charge on any atom is -0.493 e. The van der Waals surface area contributed by atoms with Crippen LogP contribution in [0.4, 0.5) is 0 Å². The molecule has 7 heteroatoms. The third-order valence-electron chi connectivity index (χ3n) is 4.09. The lowest BCUT2D eigenvalue weighted by Crippen LogP contribution is -2.34. The fourth-order valence-electron chi connectivity index (χ4n) is 2.69. The van der Waals surface area contributed by atoms with Crippen molar-refractivity contribution >= 4 is 15.8 Å². The van der Waals surface area contributed by atoms with Gasteiger partial charge in [0, 0.05) is 11.3 Å². The first-order valence-electron chi connectivity index (χ1n) is 8.16. The number of benzene rings is 1. The van der Waals surface area contributed by atoms with Gasteiger partial charge in [0.2, 0.25) is 0 Å². The molecule has 0 bridgehead atoms. The van der Waals surface area contributed by atoms with Gasteiger partial charge >= 0.3 is 0 Å². The highest BCUT2D eigenvalue weighted by atomic mass is 32.3. The summed E-state index contributed by atoms with van der Waals surface area (Å²) in [6.45, 7) is 2.77. The molecule has 0 aliphatic carbocycles. The Morgan fingerprint density at radius 3 is 2.20 bits per heavy atom. The van der Waals surface area contributed by atoms with Crippen molar-refractivity contribution in [2.75, 3.05) is 26.2 Å². The molecule has 6 nitrogen and oxygen atoms in total. The highest BCUT2D eigenvalue weighted by molar-refractivity contribution is 8.44. The van der Waals surface area contributed by atoms with Gasteiger partial charge in [0.1, 0.15) is 27.7 Å². The lowest BCUT2D eigenvalue weighted by molar-refractivity contribution is -0.120. The molecule has 0 aromatic heterocycles. The number of hydrogen-bond donors (Lipinski definition) is 0. The zero-order chi connectivity index (χ0) is 18.1. The van der Waals surface area contributed by atoms with Gasteiger partial charge in [-0.1, -0.05) is 6.42 Å². The second-order valence-electron chi connectivity index (χ2n) is 5.83. The van der Waals surface area contributed by atoms with E-state index in [1.165, 1.54) is 6.42 Å². The average Bonchev–Trinajstić information content (AvgIpc) is 2.65. The summed E-state index contributed by atoms with van der Waals surface area (Å²) in [6.07, 6.45) is 3.92. The molecule has 1 aliphatic rings. The van der Waals surface area contributed by atoms with Gasteiger partial charge < -0.3 is 4.74 Å². The number of carbonyl (C=O) groups is 1. The smallest absolute Gasteiger partial charge is 0.150 e. The molecule has 0 amide bonds. The van der Waals surface area contributed by atoms with E-state index in [1.807, 2.05) is 16.2 Å². The highest BCUT2D eigenvalue weighted by Gasteiger charge is 2.26. The zero-order valence-corrected chi connectivity index (χ0v) is 14.8. The number of ether oxygens (including phenoxy) is 1. The van der Waals surface area contributed by atoms with Crippen LogP contribution in [0.1, 0.15) is 25.7 Å². The molecular weight excluding hydrogens is 336 g/mol. The van der Waals surface area contributed by atoms with E-state index in [-0.39, 0.29) is 5.78 Å². The van der Waals surface area contributed by atoms with Gasteiger partial charge in [-0.3, -0.25) is 9.69 Å². The van der Waals surface area contributed by atoms with Crippen molar-refractivity contribution in [2.24, 2.45) is 0 Å². The Labute approximate surface area is 149 Å². The number of carbonyl (C=O) groups excluding carboxylic acids is 1. The van der Waals surface area contributed by atoms with Crippen LogP contribution in [0.2, 0.25) is 0 Å². The summed E-state index contributed by atoms with van der Waals surface area (Å²) in [6, 6.07) is 6.38. The predicted molar refractivity (Wildman–Crippen MR) is 94.5 cm³/mol. The van der Waals surface area contributed by atoms with Crippen LogP contribution >= 0.6 is 10.0 Å². The van der Waals surface area contributed by atoms with Crippen molar-refractivity contribution in [1.82, 2.24) is 4.90 Å². The van der Waals surface area contributed by atoms with Crippen LogP contribution in [-0.4, -0.2) is 36.9 Å². The molecule has 0 atom stereocenters. The van der Waals surface area contributed by atoms with E-state index in [9.17, 15) is 4.79 Å². The Morgan fingerprint density at radius 1 is 1.04 bits per heavy atom. The van der Waals surface area contributed by atoms with Gasteiger partial charge in [-0.05, 0) is 50.2 Å². The Hall–Kier alpha value is -2.53. The van der Waals surface area contributed by atoms with Gasteiger partial charge in [0.15, 0.2) is 0 Å². The van der Waals surface area contributed by atoms with Crippen LogP contribution in [0, 0.1) is 32.0 Å². The van der Waals surface area contributed by atoms with Crippen LogP contribution in [0.15, 0.2) is 29.2 Å². The summed E-state index contributed by atoms with van der Waals surface area (Å²) < 4.78 is 5.56. The molecule has 0 N–H and O–H groups in total. The fraction of sp³-hybridized carbons (Fsp3) is 0.444. The molecular formula is C18H20N4O2S. The number of piperidine rings is 1. The molecule has 0 radical (unpaired) electrons. The van der Waals surface area contributed by atoms with Gasteiger partial charge in [-0.15, -0.1) is 0 Å². The molecule has 2 rings (SSSR count). The van der Waals surface area contributed by atoms with Crippen LogP contribution < -0.4 is 4.74 Å². The first-order chi connectivity index (χ1) is 12.1. The summed E-state index contributed by atoms with van der Waals surface area (Å²) in [5.74, 6) is 0.720. The maximum atomic E-state index is 12.0. The van der Waals surface area contributed by atoms with Crippen LogP contribution in [-0.2, 0) is 4.79 Å². The van der Waals surface area contributed by atoms with Crippen molar-refractivity contribution in [3.8, 4) is 22.0 Å². The predicted octanol–water partition coefficient (Wildman–Crippen LogP) is 3.12. The first kappa shape index (κ1) is 18.8. The molecule has 1 heterocycles. The van der Waals surface area contributed by atoms with Crippen molar-refractivity contribution < 1.29 is 9.53 Å². The molecule has 1 aliphatic heterocycles. The summed E-state index contributed by atoms with van der Waals surface area (Å²) in [5, 5.41) is 32.8. The third-order valence-corrected chi connectivity index (χ3v) is 5.89. The zero-order valence-electron chi connectivity index (χ0n) is 14.0. The summed E-state index contributed by atoms with van der Waals surface area (Å²) >= 11 is 0. The SMILES string of the molecule is N#CS(C#N)(C#N)c1ccc(OCCC(=O)CN2CCCCC2)cc1. The molecule has 0 saturated carbocycles. The topological polar surface area (TPSA) is 101 Å². The maximum Gasteiger partial charge on any atom is 0.150 e. The van der Waals surface area contributed by atoms with Crippen LogP contribution in [0.3, 0.4) is 0 Å². The average molecular weight is 356 g/mol. The van der Waals surface area contributed by atoms with Crippen molar-refractivity contribution in [1.29, 1.82) is 15.8 Å². The van der Waals surface area contributed by atoms with E-state index in [0.717, 1.165) is 25.9 Å². The molecule has 0 unspecified atom stereocenters. The normalized spacial score (nSPS) is 15.4. The number of Topliss-reactive ketones (excluding diaryl/α,β-unsaturated/α-hetero) is 1. The van der Waals surface area contributed by atoms with Crippen molar-refractivity contribution in [2.45, 2.75) is 30.6 Å². The quantitative estimate of drug-likeness (QED) is 0.696. The Balaban J connectivity index is 1.82. The number of hydrogen-bond acceptors (Lipinski definition) is 6. The Kier molecular flexibility index (Phi) is 6.83. The maximum absolute atomic E-state index is 12.0.